The smallest absolute Gasteiger partial charge is 0.319 e. The number of urea groups is 1. The van der Waals surface area contributed by atoms with Crippen molar-refractivity contribution in [3.05, 3.63) is 23.2 Å². The van der Waals surface area contributed by atoms with Crippen molar-refractivity contribution in [1.29, 1.82) is 0 Å². The highest BCUT2D eigenvalue weighted by Crippen LogP contribution is 2.39. The van der Waals surface area contributed by atoms with Gasteiger partial charge in [0.05, 0.1) is 18.4 Å². The van der Waals surface area contributed by atoms with E-state index in [0.717, 1.165) is 12.8 Å². The molecule has 110 valence electrons. The van der Waals surface area contributed by atoms with Crippen LogP contribution in [0.3, 0.4) is 0 Å². The third-order valence-electron chi connectivity index (χ3n) is 3.47. The predicted molar refractivity (Wildman–Crippen MR) is 78.4 cm³/mol. The lowest BCUT2D eigenvalue weighted by molar-refractivity contribution is 0.0398. The number of rotatable bonds is 5. The number of carbonyl (C=O) groups excluding carboxylic acids is 1. The molecule has 2 rings (SSSR count). The molecule has 1 saturated carbocycles. The third-order valence-corrected chi connectivity index (χ3v) is 3.71. The zero-order chi connectivity index (χ0) is 14.8. The summed E-state index contributed by atoms with van der Waals surface area (Å²) in [5.74, 6) is 0.807. The molecule has 0 radical (unpaired) electrons. The van der Waals surface area contributed by atoms with Crippen molar-refractivity contribution in [2.45, 2.75) is 25.4 Å². The Morgan fingerprint density at radius 3 is 2.85 bits per heavy atom. The molecule has 0 unspecified atom stereocenters. The van der Waals surface area contributed by atoms with Gasteiger partial charge in [0, 0.05) is 11.6 Å². The maximum absolute atomic E-state index is 11.8. The molecule has 0 spiro atoms. The summed E-state index contributed by atoms with van der Waals surface area (Å²) in [6.45, 7) is 1.96. The largest absolute Gasteiger partial charge is 0.495 e. The average Bonchev–Trinajstić information content (AvgIpc) is 3.21. The van der Waals surface area contributed by atoms with Gasteiger partial charge < -0.3 is 20.5 Å². The van der Waals surface area contributed by atoms with Crippen molar-refractivity contribution < 1.29 is 14.6 Å². The van der Waals surface area contributed by atoms with Gasteiger partial charge in [-0.25, -0.2) is 4.79 Å². The van der Waals surface area contributed by atoms with Crippen LogP contribution in [0.5, 0.6) is 5.75 Å². The van der Waals surface area contributed by atoms with Crippen molar-refractivity contribution in [3.63, 3.8) is 0 Å². The second-order valence-corrected chi connectivity index (χ2v) is 5.72. The molecular formula is C14H19ClN2O3. The molecule has 1 aliphatic rings. The van der Waals surface area contributed by atoms with Gasteiger partial charge in [0.25, 0.3) is 0 Å². The number of methoxy groups -OCH3 is 1. The predicted octanol–water partition coefficient (Wildman–Crippen LogP) is 2.63. The highest BCUT2D eigenvalue weighted by Gasteiger charge is 2.39. The fourth-order valence-corrected chi connectivity index (χ4v) is 2.23. The normalized spacial score (nSPS) is 17.2. The monoisotopic (exact) mass is 298 g/mol. The van der Waals surface area contributed by atoms with Gasteiger partial charge in [0.1, 0.15) is 5.75 Å². The van der Waals surface area contributed by atoms with Gasteiger partial charge in [-0.3, -0.25) is 0 Å². The number of anilines is 1. The summed E-state index contributed by atoms with van der Waals surface area (Å²) in [4.78, 5) is 11.8. The van der Waals surface area contributed by atoms with Gasteiger partial charge >= 0.3 is 6.03 Å². The first kappa shape index (κ1) is 14.9. The molecule has 1 aromatic rings. The van der Waals surface area contributed by atoms with Crippen LogP contribution in [-0.2, 0) is 0 Å². The number of nitrogens with one attached hydrogen (secondary N) is 2. The van der Waals surface area contributed by atoms with E-state index in [1.54, 1.807) is 25.1 Å². The lowest BCUT2D eigenvalue weighted by atomic mass is 10.0. The topological polar surface area (TPSA) is 70.6 Å². The van der Waals surface area contributed by atoms with Crippen LogP contribution < -0.4 is 15.4 Å². The van der Waals surface area contributed by atoms with Gasteiger partial charge in [0.2, 0.25) is 0 Å². The fraction of sp³-hybridized carbons (Fsp3) is 0.500. The molecule has 0 bridgehead atoms. The highest BCUT2D eigenvalue weighted by molar-refractivity contribution is 6.31. The Labute approximate surface area is 123 Å². The van der Waals surface area contributed by atoms with E-state index in [-0.39, 0.29) is 12.5 Å². The second-order valence-electron chi connectivity index (χ2n) is 5.28. The van der Waals surface area contributed by atoms with Crippen molar-refractivity contribution in [1.82, 2.24) is 5.32 Å². The second kappa shape index (κ2) is 5.89. The van der Waals surface area contributed by atoms with Gasteiger partial charge in [-0.2, -0.15) is 0 Å². The summed E-state index contributed by atoms with van der Waals surface area (Å²) < 4.78 is 5.14. The highest BCUT2D eigenvalue weighted by atomic mass is 35.5. The first-order valence-corrected chi connectivity index (χ1v) is 6.91. The van der Waals surface area contributed by atoms with Crippen LogP contribution in [0.25, 0.3) is 0 Å². The van der Waals surface area contributed by atoms with Gasteiger partial charge in [-0.05, 0) is 43.9 Å². The Balaban J connectivity index is 1.92. The van der Waals surface area contributed by atoms with Crippen LogP contribution in [0.2, 0.25) is 5.02 Å². The Morgan fingerprint density at radius 2 is 2.25 bits per heavy atom. The van der Waals surface area contributed by atoms with Crippen molar-refractivity contribution >= 4 is 23.3 Å². The lowest BCUT2D eigenvalue weighted by Crippen LogP contribution is -2.43. The molecular weight excluding hydrogens is 280 g/mol. The van der Waals surface area contributed by atoms with Crippen LogP contribution in [0.15, 0.2) is 18.2 Å². The molecule has 0 saturated heterocycles. The van der Waals surface area contributed by atoms with Crippen LogP contribution in [0.1, 0.15) is 19.8 Å². The molecule has 6 heteroatoms. The molecule has 0 aromatic heterocycles. The molecule has 1 aromatic carbocycles. The summed E-state index contributed by atoms with van der Waals surface area (Å²) >= 11 is 5.89. The minimum absolute atomic E-state index is 0.215. The Bertz CT molecular complexity index is 501. The van der Waals surface area contributed by atoms with Crippen LogP contribution in [-0.4, -0.2) is 30.4 Å². The third kappa shape index (κ3) is 3.77. The van der Waals surface area contributed by atoms with Gasteiger partial charge in [0.15, 0.2) is 0 Å². The van der Waals surface area contributed by atoms with E-state index >= 15 is 0 Å². The van der Waals surface area contributed by atoms with E-state index in [9.17, 15) is 9.90 Å². The number of hydrogen-bond acceptors (Lipinski definition) is 3. The molecule has 0 aliphatic heterocycles. The van der Waals surface area contributed by atoms with E-state index in [4.69, 9.17) is 16.3 Å². The van der Waals surface area contributed by atoms with E-state index < -0.39 is 11.6 Å². The van der Waals surface area contributed by atoms with E-state index in [0.29, 0.717) is 16.5 Å². The maximum atomic E-state index is 11.8. The number of benzene rings is 1. The Kier molecular flexibility index (Phi) is 4.40. The number of ether oxygens (including phenoxy) is 1. The van der Waals surface area contributed by atoms with Gasteiger partial charge in [-0.15, -0.1) is 0 Å². The zero-order valence-corrected chi connectivity index (χ0v) is 12.3. The van der Waals surface area contributed by atoms with Crippen molar-refractivity contribution in [2.75, 3.05) is 19.0 Å². The van der Waals surface area contributed by atoms with Crippen LogP contribution >= 0.6 is 11.6 Å². The minimum atomic E-state index is -0.851. The minimum Gasteiger partial charge on any atom is -0.495 e. The van der Waals surface area contributed by atoms with Gasteiger partial charge in [-0.1, -0.05) is 11.6 Å². The summed E-state index contributed by atoms with van der Waals surface area (Å²) in [6, 6.07) is 4.57. The van der Waals surface area contributed by atoms with Crippen LogP contribution in [0.4, 0.5) is 10.5 Å². The summed E-state index contributed by atoms with van der Waals surface area (Å²) in [6.07, 6.45) is 2.02. The molecule has 1 fully saturated rings. The first-order chi connectivity index (χ1) is 9.42. The standard InChI is InChI=1S/C14H19ClN2O3/c1-14(19,9-3-4-9)8-16-13(18)17-11-7-10(15)5-6-12(11)20-2/h5-7,9,19H,3-4,8H2,1-2H3,(H2,16,17,18)/t14-/m0/s1. The number of hydrogen-bond donors (Lipinski definition) is 3. The molecule has 20 heavy (non-hydrogen) atoms. The fourth-order valence-electron chi connectivity index (χ4n) is 2.05. The maximum Gasteiger partial charge on any atom is 0.319 e. The number of amides is 2. The molecule has 1 atom stereocenters. The quantitative estimate of drug-likeness (QED) is 0.782. The Hall–Kier alpha value is -1.46. The molecule has 5 nitrogen and oxygen atoms in total. The lowest BCUT2D eigenvalue weighted by Gasteiger charge is -2.23. The number of carbonyl (C=O) groups is 1. The molecule has 2 amide bonds. The SMILES string of the molecule is COc1ccc(Cl)cc1NC(=O)NC[C@](C)(O)C1CC1. The number of aliphatic hydroxyl groups is 1. The van der Waals surface area contributed by atoms with E-state index in [1.165, 1.54) is 7.11 Å². The summed E-state index contributed by atoms with van der Waals surface area (Å²) in [5.41, 5.74) is -0.362. The molecule has 3 N–H and O–H groups in total. The first-order valence-electron chi connectivity index (χ1n) is 6.53. The molecule has 0 heterocycles. The van der Waals surface area contributed by atoms with E-state index in [1.807, 2.05) is 0 Å². The average molecular weight is 299 g/mol. The Morgan fingerprint density at radius 1 is 1.55 bits per heavy atom. The number of halogens is 1. The summed E-state index contributed by atoms with van der Waals surface area (Å²) in [5, 5.41) is 16.0. The van der Waals surface area contributed by atoms with E-state index in [2.05, 4.69) is 10.6 Å². The van der Waals surface area contributed by atoms with Crippen molar-refractivity contribution in [2.24, 2.45) is 5.92 Å². The zero-order valence-electron chi connectivity index (χ0n) is 11.6. The summed E-state index contributed by atoms with van der Waals surface area (Å²) in [7, 11) is 1.52. The van der Waals surface area contributed by atoms with Crippen molar-refractivity contribution in [3.8, 4) is 5.75 Å². The van der Waals surface area contributed by atoms with Crippen LogP contribution in [0, 0.1) is 5.92 Å². The molecule has 1 aliphatic carbocycles.